The quantitative estimate of drug-likeness (QED) is 0.661. The van der Waals surface area contributed by atoms with E-state index < -0.39 is 33.4 Å². The number of carbonyl (C=O) groups is 2. The Morgan fingerprint density at radius 1 is 1.50 bits per heavy atom. The van der Waals surface area contributed by atoms with Crippen LogP contribution in [0, 0.1) is 0 Å². The van der Waals surface area contributed by atoms with Crippen LogP contribution in [-0.4, -0.2) is 42.9 Å². The molecule has 1 aliphatic rings. The number of carboxylic acids is 1. The molecule has 0 bridgehead atoms. The molecule has 0 saturated heterocycles. The van der Waals surface area contributed by atoms with Gasteiger partial charge in [0.25, 0.3) is 0 Å². The molecule has 0 aromatic rings. The standard InChI is InChI=1S/C10H16N2O5S/c1-3-10(2,8(13)14)12-9(15)11-7-4-5-18(16,17)6-7/h4-5,7H,3,6H2,1-2H3,(H,13,14)(H2,11,12,15). The number of rotatable bonds is 4. The minimum atomic E-state index is -3.25. The van der Waals surface area contributed by atoms with Crippen LogP contribution in [0.3, 0.4) is 0 Å². The van der Waals surface area contributed by atoms with Crippen LogP contribution in [0.25, 0.3) is 0 Å². The van der Waals surface area contributed by atoms with Crippen molar-refractivity contribution < 1.29 is 23.1 Å². The zero-order chi connectivity index (χ0) is 14.0. The molecule has 0 spiro atoms. The lowest BCUT2D eigenvalue weighted by Gasteiger charge is -2.25. The Kier molecular flexibility index (Phi) is 4.00. The van der Waals surface area contributed by atoms with Crippen LogP contribution in [0.15, 0.2) is 11.5 Å². The molecule has 2 amide bonds. The van der Waals surface area contributed by atoms with Crippen LogP contribution >= 0.6 is 0 Å². The van der Waals surface area contributed by atoms with Crippen LogP contribution in [0.1, 0.15) is 20.3 Å². The van der Waals surface area contributed by atoms with Crippen molar-refractivity contribution in [1.82, 2.24) is 10.6 Å². The third-order valence-electron chi connectivity index (χ3n) is 2.82. The molecule has 3 N–H and O–H groups in total. The van der Waals surface area contributed by atoms with E-state index in [1.165, 1.54) is 13.0 Å². The van der Waals surface area contributed by atoms with Crippen LogP contribution < -0.4 is 10.6 Å². The smallest absolute Gasteiger partial charge is 0.329 e. The molecule has 1 rings (SSSR count). The van der Waals surface area contributed by atoms with Gasteiger partial charge < -0.3 is 15.7 Å². The van der Waals surface area contributed by atoms with Crippen molar-refractivity contribution in [3.05, 3.63) is 11.5 Å². The molecule has 0 radical (unpaired) electrons. The number of carboxylic acid groups (broad SMARTS) is 1. The number of hydrogen-bond acceptors (Lipinski definition) is 4. The predicted octanol–water partition coefficient (Wildman–Crippen LogP) is -0.150. The van der Waals surface area contributed by atoms with Crippen LogP contribution in [0.5, 0.6) is 0 Å². The van der Waals surface area contributed by atoms with Gasteiger partial charge in [0, 0.05) is 5.41 Å². The summed E-state index contributed by atoms with van der Waals surface area (Å²) in [4.78, 5) is 22.6. The summed E-state index contributed by atoms with van der Waals surface area (Å²) in [6.45, 7) is 3.02. The summed E-state index contributed by atoms with van der Waals surface area (Å²) >= 11 is 0. The van der Waals surface area contributed by atoms with Gasteiger partial charge in [0.05, 0.1) is 11.8 Å². The van der Waals surface area contributed by atoms with Gasteiger partial charge in [-0.15, -0.1) is 0 Å². The first-order valence-corrected chi connectivity index (χ1v) is 7.13. The molecule has 0 saturated carbocycles. The van der Waals surface area contributed by atoms with Gasteiger partial charge in [0.1, 0.15) is 5.54 Å². The second kappa shape index (κ2) is 4.97. The molecule has 2 unspecified atom stereocenters. The van der Waals surface area contributed by atoms with Gasteiger partial charge in [-0.25, -0.2) is 18.0 Å². The first kappa shape index (κ1) is 14.5. The van der Waals surface area contributed by atoms with Crippen molar-refractivity contribution in [2.24, 2.45) is 0 Å². The van der Waals surface area contributed by atoms with Gasteiger partial charge >= 0.3 is 12.0 Å². The number of hydrogen-bond donors (Lipinski definition) is 3. The van der Waals surface area contributed by atoms with Crippen LogP contribution in [0.2, 0.25) is 0 Å². The average molecular weight is 276 g/mol. The third kappa shape index (κ3) is 3.46. The Balaban J connectivity index is 2.58. The van der Waals surface area contributed by atoms with E-state index in [9.17, 15) is 18.0 Å². The highest BCUT2D eigenvalue weighted by molar-refractivity contribution is 7.94. The van der Waals surface area contributed by atoms with Crippen molar-refractivity contribution in [3.63, 3.8) is 0 Å². The SMILES string of the molecule is CCC(C)(NC(=O)NC1C=CS(=O)(=O)C1)C(=O)O. The molecule has 0 aromatic heterocycles. The Morgan fingerprint density at radius 2 is 2.11 bits per heavy atom. The Labute approximate surface area is 105 Å². The summed E-state index contributed by atoms with van der Waals surface area (Å²) in [5.41, 5.74) is -1.37. The predicted molar refractivity (Wildman–Crippen MR) is 64.7 cm³/mol. The number of carbonyl (C=O) groups excluding carboxylic acids is 1. The molecule has 7 nitrogen and oxygen atoms in total. The fourth-order valence-electron chi connectivity index (χ4n) is 1.41. The van der Waals surface area contributed by atoms with E-state index in [0.717, 1.165) is 5.41 Å². The number of amides is 2. The molecule has 0 aliphatic carbocycles. The second-order valence-corrected chi connectivity index (χ2v) is 6.29. The van der Waals surface area contributed by atoms with Crippen molar-refractivity contribution in [1.29, 1.82) is 0 Å². The Hall–Kier alpha value is -1.57. The minimum Gasteiger partial charge on any atom is -0.480 e. The van der Waals surface area contributed by atoms with Gasteiger partial charge in [0.2, 0.25) is 0 Å². The second-order valence-electron chi connectivity index (χ2n) is 4.35. The average Bonchev–Trinajstić information content (AvgIpc) is 2.57. The summed E-state index contributed by atoms with van der Waals surface area (Å²) in [6.07, 6.45) is 1.58. The lowest BCUT2D eigenvalue weighted by Crippen LogP contribution is -2.56. The van der Waals surface area contributed by atoms with Crippen molar-refractivity contribution in [2.75, 3.05) is 5.75 Å². The topological polar surface area (TPSA) is 113 Å². The first-order chi connectivity index (χ1) is 8.18. The van der Waals surface area contributed by atoms with E-state index in [0.29, 0.717) is 0 Å². The maximum Gasteiger partial charge on any atom is 0.329 e. The largest absolute Gasteiger partial charge is 0.480 e. The van der Waals surface area contributed by atoms with E-state index >= 15 is 0 Å². The lowest BCUT2D eigenvalue weighted by molar-refractivity contribution is -0.143. The highest BCUT2D eigenvalue weighted by atomic mass is 32.2. The molecular formula is C10H16N2O5S. The Bertz CT molecular complexity index is 484. The number of sulfone groups is 1. The van der Waals surface area contributed by atoms with Crippen molar-refractivity contribution in [2.45, 2.75) is 31.8 Å². The third-order valence-corrected chi connectivity index (χ3v) is 4.21. The molecular weight excluding hydrogens is 260 g/mol. The molecule has 18 heavy (non-hydrogen) atoms. The summed E-state index contributed by atoms with van der Waals surface area (Å²) in [7, 11) is -3.25. The Morgan fingerprint density at radius 3 is 2.50 bits per heavy atom. The number of nitrogens with one attached hydrogen (secondary N) is 2. The fraction of sp³-hybridized carbons (Fsp3) is 0.600. The first-order valence-electron chi connectivity index (χ1n) is 5.41. The number of aliphatic carboxylic acids is 1. The van der Waals surface area contributed by atoms with Gasteiger partial charge in [-0.05, 0) is 19.4 Å². The van der Waals surface area contributed by atoms with E-state index in [4.69, 9.17) is 5.11 Å². The molecule has 2 atom stereocenters. The highest BCUT2D eigenvalue weighted by Gasteiger charge is 2.33. The fourth-order valence-corrected chi connectivity index (χ4v) is 2.65. The summed E-state index contributed by atoms with van der Waals surface area (Å²) in [5, 5.41) is 14.7. The summed E-state index contributed by atoms with van der Waals surface area (Å²) in [6, 6.07) is -1.32. The molecule has 8 heteroatoms. The van der Waals surface area contributed by atoms with Gasteiger partial charge in [0.15, 0.2) is 9.84 Å². The summed E-state index contributed by atoms with van der Waals surface area (Å²) in [5.74, 6) is -1.34. The van der Waals surface area contributed by atoms with Gasteiger partial charge in [-0.3, -0.25) is 0 Å². The maximum absolute atomic E-state index is 11.6. The van der Waals surface area contributed by atoms with E-state index in [2.05, 4.69) is 10.6 Å². The zero-order valence-electron chi connectivity index (χ0n) is 10.1. The molecule has 0 aromatic carbocycles. The molecule has 1 aliphatic heterocycles. The zero-order valence-corrected chi connectivity index (χ0v) is 11.0. The number of urea groups is 1. The molecule has 1 heterocycles. The lowest BCUT2D eigenvalue weighted by atomic mass is 10.00. The van der Waals surface area contributed by atoms with E-state index in [1.807, 2.05) is 0 Å². The van der Waals surface area contributed by atoms with Crippen LogP contribution in [-0.2, 0) is 14.6 Å². The van der Waals surface area contributed by atoms with Crippen molar-refractivity contribution >= 4 is 21.8 Å². The van der Waals surface area contributed by atoms with Gasteiger partial charge in [-0.2, -0.15) is 0 Å². The molecule has 0 fully saturated rings. The van der Waals surface area contributed by atoms with E-state index in [-0.39, 0.29) is 12.2 Å². The van der Waals surface area contributed by atoms with Crippen molar-refractivity contribution in [3.8, 4) is 0 Å². The maximum atomic E-state index is 11.6. The molecule has 102 valence electrons. The van der Waals surface area contributed by atoms with Gasteiger partial charge in [-0.1, -0.05) is 6.92 Å². The normalized spacial score (nSPS) is 24.2. The van der Waals surface area contributed by atoms with Crippen LogP contribution in [0.4, 0.5) is 4.79 Å². The van der Waals surface area contributed by atoms with E-state index in [1.54, 1.807) is 6.92 Å². The monoisotopic (exact) mass is 276 g/mol. The minimum absolute atomic E-state index is 0.198. The highest BCUT2D eigenvalue weighted by Crippen LogP contribution is 2.10. The summed E-state index contributed by atoms with van der Waals surface area (Å²) < 4.78 is 22.2.